The maximum Gasteiger partial charge on any atom is 0.266 e. The average molecular weight is 507 g/mol. The third kappa shape index (κ3) is 5.91. The molecule has 0 saturated heterocycles. The average Bonchev–Trinajstić information content (AvgIpc) is 2.65. The van der Waals surface area contributed by atoms with E-state index in [0.717, 1.165) is 3.57 Å². The Hall–Kier alpha value is -2.68. The van der Waals surface area contributed by atoms with Crippen molar-refractivity contribution in [2.24, 2.45) is 0 Å². The number of anilines is 1. The number of nitriles is 1. The quantitative estimate of drug-likeness (QED) is 0.251. The zero-order valence-corrected chi connectivity index (χ0v) is 17.9. The Labute approximate surface area is 182 Å². The third-order valence-electron chi connectivity index (χ3n) is 3.39. The fraction of sp³-hybridized carbons (Fsp3) is 0.143. The van der Waals surface area contributed by atoms with Crippen LogP contribution in [0.15, 0.2) is 42.0 Å². The highest BCUT2D eigenvalue weighted by Crippen LogP contribution is 2.35. The van der Waals surface area contributed by atoms with Crippen molar-refractivity contribution in [3.63, 3.8) is 0 Å². The summed E-state index contributed by atoms with van der Waals surface area (Å²) in [4.78, 5) is 12.4. The fourth-order valence-corrected chi connectivity index (χ4v) is 3.24. The van der Waals surface area contributed by atoms with E-state index in [0.29, 0.717) is 34.4 Å². The van der Waals surface area contributed by atoms with Crippen LogP contribution in [0.1, 0.15) is 12.5 Å². The number of terminal acetylenes is 1. The van der Waals surface area contributed by atoms with Crippen LogP contribution in [0.2, 0.25) is 5.02 Å². The SMILES string of the molecule is C#CCOc1c(I)cc(/C=C(\C#N)C(=O)Nc2cccc(Cl)c2)cc1OCC. The lowest BCUT2D eigenvalue weighted by Gasteiger charge is -2.13. The lowest BCUT2D eigenvalue weighted by atomic mass is 10.1. The van der Waals surface area contributed by atoms with Gasteiger partial charge in [0.05, 0.1) is 10.2 Å². The molecule has 0 atom stereocenters. The molecule has 0 fully saturated rings. The van der Waals surface area contributed by atoms with Crippen LogP contribution in [-0.4, -0.2) is 19.1 Å². The van der Waals surface area contributed by atoms with Crippen molar-refractivity contribution in [1.29, 1.82) is 5.26 Å². The van der Waals surface area contributed by atoms with Gasteiger partial charge in [-0.05, 0) is 71.5 Å². The number of carbonyl (C=O) groups excluding carboxylic acids is 1. The maximum atomic E-state index is 12.4. The zero-order valence-electron chi connectivity index (χ0n) is 15.0. The molecule has 2 rings (SSSR count). The molecule has 0 spiro atoms. The topological polar surface area (TPSA) is 71.3 Å². The standard InChI is InChI=1S/C21H16ClIN2O3/c1-3-8-28-20-18(23)10-14(11-19(20)27-4-2)9-15(13-24)21(26)25-17-7-5-6-16(22)12-17/h1,5-7,9-12H,4,8H2,2H3,(H,25,26)/b15-9+. The van der Waals surface area contributed by atoms with E-state index in [9.17, 15) is 10.1 Å². The summed E-state index contributed by atoms with van der Waals surface area (Å²) in [5.41, 5.74) is 1.07. The van der Waals surface area contributed by atoms with Gasteiger partial charge in [-0.15, -0.1) is 6.42 Å². The first-order valence-corrected chi connectivity index (χ1v) is 9.65. The van der Waals surface area contributed by atoms with Crippen LogP contribution < -0.4 is 14.8 Å². The highest BCUT2D eigenvalue weighted by molar-refractivity contribution is 14.1. The van der Waals surface area contributed by atoms with Gasteiger partial charge in [-0.1, -0.05) is 23.6 Å². The number of benzene rings is 2. The van der Waals surface area contributed by atoms with Crippen LogP contribution in [-0.2, 0) is 4.79 Å². The minimum absolute atomic E-state index is 0.0597. The lowest BCUT2D eigenvalue weighted by molar-refractivity contribution is -0.112. The van der Waals surface area contributed by atoms with Gasteiger partial charge in [0.1, 0.15) is 18.2 Å². The molecule has 142 valence electrons. The number of amides is 1. The monoisotopic (exact) mass is 506 g/mol. The number of hydrogen-bond donors (Lipinski definition) is 1. The van der Waals surface area contributed by atoms with E-state index in [1.54, 1.807) is 36.4 Å². The summed E-state index contributed by atoms with van der Waals surface area (Å²) in [6.07, 6.45) is 6.74. The Morgan fingerprint density at radius 3 is 2.79 bits per heavy atom. The molecule has 0 aliphatic carbocycles. The summed E-state index contributed by atoms with van der Waals surface area (Å²) in [5, 5.41) is 12.6. The molecule has 1 amide bonds. The molecule has 2 aromatic carbocycles. The summed E-state index contributed by atoms with van der Waals surface area (Å²) in [6.45, 7) is 2.38. The van der Waals surface area contributed by atoms with Gasteiger partial charge in [0.25, 0.3) is 5.91 Å². The van der Waals surface area contributed by atoms with Crippen molar-refractivity contribution < 1.29 is 14.3 Å². The molecule has 2 aromatic rings. The molecule has 0 aliphatic heterocycles. The predicted molar refractivity (Wildman–Crippen MR) is 118 cm³/mol. The lowest BCUT2D eigenvalue weighted by Crippen LogP contribution is -2.13. The second-order valence-corrected chi connectivity index (χ2v) is 6.99. The van der Waals surface area contributed by atoms with E-state index >= 15 is 0 Å². The molecule has 0 bridgehead atoms. The van der Waals surface area contributed by atoms with Crippen LogP contribution in [0, 0.1) is 27.2 Å². The number of nitrogens with zero attached hydrogens (tertiary/aromatic N) is 1. The molecular weight excluding hydrogens is 491 g/mol. The second-order valence-electron chi connectivity index (χ2n) is 5.39. The normalized spacial score (nSPS) is 10.5. The summed E-state index contributed by atoms with van der Waals surface area (Å²) in [7, 11) is 0. The molecule has 7 heteroatoms. The van der Waals surface area contributed by atoms with Gasteiger partial charge in [-0.2, -0.15) is 5.26 Å². The van der Waals surface area contributed by atoms with E-state index in [1.165, 1.54) is 6.08 Å². The smallest absolute Gasteiger partial charge is 0.266 e. The van der Waals surface area contributed by atoms with Gasteiger partial charge in [-0.25, -0.2) is 0 Å². The molecule has 1 N–H and O–H groups in total. The molecule has 5 nitrogen and oxygen atoms in total. The number of halogens is 2. The molecule has 28 heavy (non-hydrogen) atoms. The highest BCUT2D eigenvalue weighted by atomic mass is 127. The van der Waals surface area contributed by atoms with Crippen LogP contribution in [0.4, 0.5) is 5.69 Å². The number of hydrogen-bond acceptors (Lipinski definition) is 4. The van der Waals surface area contributed by atoms with Gasteiger partial charge in [0.15, 0.2) is 11.5 Å². The number of nitrogens with one attached hydrogen (secondary N) is 1. The summed E-state index contributed by atoms with van der Waals surface area (Å²) in [5.74, 6) is 2.89. The Bertz CT molecular complexity index is 990. The van der Waals surface area contributed by atoms with Crippen LogP contribution in [0.3, 0.4) is 0 Å². The van der Waals surface area contributed by atoms with Gasteiger partial charge >= 0.3 is 0 Å². The van der Waals surface area contributed by atoms with Crippen molar-refractivity contribution in [2.45, 2.75) is 6.92 Å². The number of ether oxygens (including phenoxy) is 2. The van der Waals surface area contributed by atoms with Crippen molar-refractivity contribution in [1.82, 2.24) is 0 Å². The van der Waals surface area contributed by atoms with Crippen LogP contribution >= 0.6 is 34.2 Å². The second kappa shape index (κ2) is 10.6. The van der Waals surface area contributed by atoms with E-state index in [2.05, 4.69) is 33.8 Å². The van der Waals surface area contributed by atoms with Gasteiger partial charge in [0.2, 0.25) is 0 Å². The first-order chi connectivity index (χ1) is 13.5. The van der Waals surface area contributed by atoms with Gasteiger partial charge in [0, 0.05) is 10.7 Å². The third-order valence-corrected chi connectivity index (χ3v) is 4.43. The molecule has 0 saturated carbocycles. The molecule has 0 heterocycles. The molecule has 0 aliphatic rings. The summed E-state index contributed by atoms with van der Waals surface area (Å²) in [6, 6.07) is 12.1. The van der Waals surface area contributed by atoms with Crippen LogP contribution in [0.25, 0.3) is 6.08 Å². The number of rotatable bonds is 7. The Kier molecular flexibility index (Phi) is 8.19. The molecule has 0 aromatic heterocycles. The highest BCUT2D eigenvalue weighted by Gasteiger charge is 2.14. The minimum atomic E-state index is -0.537. The van der Waals surface area contributed by atoms with Crippen molar-refractivity contribution in [3.8, 4) is 29.9 Å². The van der Waals surface area contributed by atoms with E-state index in [1.807, 2.05) is 13.0 Å². The first kappa shape index (κ1) is 21.6. The molecule has 0 radical (unpaired) electrons. The van der Waals surface area contributed by atoms with Crippen molar-refractivity contribution in [2.75, 3.05) is 18.5 Å². The van der Waals surface area contributed by atoms with Crippen molar-refractivity contribution >= 4 is 51.9 Å². The van der Waals surface area contributed by atoms with Crippen molar-refractivity contribution in [3.05, 3.63) is 56.1 Å². The summed E-state index contributed by atoms with van der Waals surface area (Å²) < 4.78 is 11.9. The largest absolute Gasteiger partial charge is 0.490 e. The summed E-state index contributed by atoms with van der Waals surface area (Å²) >= 11 is 8.01. The number of carbonyl (C=O) groups is 1. The molecule has 0 unspecified atom stereocenters. The minimum Gasteiger partial charge on any atom is -0.490 e. The predicted octanol–water partition coefficient (Wildman–Crippen LogP) is 4.90. The van der Waals surface area contributed by atoms with E-state index in [4.69, 9.17) is 27.5 Å². The fourth-order valence-electron chi connectivity index (χ4n) is 2.27. The van der Waals surface area contributed by atoms with E-state index < -0.39 is 5.91 Å². The Balaban J connectivity index is 2.33. The Morgan fingerprint density at radius 2 is 2.14 bits per heavy atom. The van der Waals surface area contributed by atoms with Gasteiger partial charge in [-0.3, -0.25) is 4.79 Å². The van der Waals surface area contributed by atoms with Gasteiger partial charge < -0.3 is 14.8 Å². The van der Waals surface area contributed by atoms with E-state index in [-0.39, 0.29) is 12.2 Å². The Morgan fingerprint density at radius 1 is 1.36 bits per heavy atom. The zero-order chi connectivity index (χ0) is 20.5. The maximum absolute atomic E-state index is 12.4. The molecular formula is C21H16ClIN2O3. The first-order valence-electron chi connectivity index (χ1n) is 8.19. The van der Waals surface area contributed by atoms with Crippen LogP contribution in [0.5, 0.6) is 11.5 Å².